The van der Waals surface area contributed by atoms with Gasteiger partial charge in [-0.1, -0.05) is 54.1 Å². The molecule has 0 spiro atoms. The second kappa shape index (κ2) is 8.92. The molecule has 6 nitrogen and oxygen atoms in total. The second-order valence-corrected chi connectivity index (χ2v) is 7.15. The minimum absolute atomic E-state index is 0.115. The number of hydrogen-bond acceptors (Lipinski definition) is 5. The molecule has 0 bridgehead atoms. The van der Waals surface area contributed by atoms with Crippen LogP contribution in [0.2, 0.25) is 5.02 Å². The largest absolute Gasteiger partial charge is 0.473 e. The Morgan fingerprint density at radius 1 is 0.966 bits per heavy atom. The van der Waals surface area contributed by atoms with Crippen LogP contribution in [0.4, 0.5) is 5.69 Å². The average molecular weight is 409 g/mol. The first-order valence-electron chi connectivity index (χ1n) is 9.48. The molecular formula is C22H21ClN4O2. The maximum Gasteiger partial charge on any atom is 0.272 e. The number of piperazine rings is 1. The average Bonchev–Trinajstić information content (AvgIpc) is 2.79. The van der Waals surface area contributed by atoms with E-state index in [0.29, 0.717) is 31.3 Å². The van der Waals surface area contributed by atoms with Gasteiger partial charge in [0.1, 0.15) is 18.6 Å². The standard InChI is InChI=1S/C22H21ClN4O2/c23-18-8-4-5-9-20(18)26-10-12-27(13-11-26)22(28)19-14-21(25-16-24-19)29-15-17-6-2-1-3-7-17/h1-9,14,16H,10-13,15H2. The van der Waals surface area contributed by atoms with Crippen molar-refractivity contribution in [2.75, 3.05) is 31.1 Å². The Kier molecular flexibility index (Phi) is 5.91. The van der Waals surface area contributed by atoms with E-state index in [1.54, 1.807) is 11.0 Å². The van der Waals surface area contributed by atoms with Gasteiger partial charge in [0.05, 0.1) is 10.7 Å². The third-order valence-corrected chi connectivity index (χ3v) is 5.17. The van der Waals surface area contributed by atoms with Gasteiger partial charge in [-0.15, -0.1) is 0 Å². The molecule has 148 valence electrons. The van der Waals surface area contributed by atoms with Gasteiger partial charge in [-0.3, -0.25) is 4.79 Å². The third kappa shape index (κ3) is 4.66. The van der Waals surface area contributed by atoms with Gasteiger partial charge >= 0.3 is 0 Å². The van der Waals surface area contributed by atoms with Gasteiger partial charge in [-0.2, -0.15) is 0 Å². The molecule has 0 N–H and O–H groups in total. The molecule has 1 aliphatic rings. The maximum absolute atomic E-state index is 12.9. The van der Waals surface area contributed by atoms with Crippen LogP contribution in [0.1, 0.15) is 16.1 Å². The van der Waals surface area contributed by atoms with Crippen molar-refractivity contribution in [3.05, 3.63) is 83.3 Å². The van der Waals surface area contributed by atoms with Crippen LogP contribution in [0.15, 0.2) is 67.0 Å². The lowest BCUT2D eigenvalue weighted by molar-refractivity contribution is 0.0740. The fourth-order valence-electron chi connectivity index (χ4n) is 3.29. The number of benzene rings is 2. The van der Waals surface area contributed by atoms with Gasteiger partial charge in [0.2, 0.25) is 5.88 Å². The number of ether oxygens (including phenoxy) is 1. The Labute approximate surface area is 174 Å². The number of carbonyl (C=O) groups is 1. The summed E-state index contributed by atoms with van der Waals surface area (Å²) in [6, 6.07) is 19.2. The fraction of sp³-hybridized carbons (Fsp3) is 0.227. The van der Waals surface area contributed by atoms with Crippen molar-refractivity contribution >= 4 is 23.2 Å². The van der Waals surface area contributed by atoms with Gasteiger partial charge in [-0.05, 0) is 17.7 Å². The summed E-state index contributed by atoms with van der Waals surface area (Å²) in [6.07, 6.45) is 1.37. The van der Waals surface area contributed by atoms with Gasteiger partial charge in [0.15, 0.2) is 0 Å². The van der Waals surface area contributed by atoms with E-state index in [2.05, 4.69) is 14.9 Å². The monoisotopic (exact) mass is 408 g/mol. The van der Waals surface area contributed by atoms with Crippen molar-refractivity contribution in [2.45, 2.75) is 6.61 Å². The molecule has 0 atom stereocenters. The molecule has 3 aromatic rings. The SMILES string of the molecule is O=C(c1cc(OCc2ccccc2)ncn1)N1CCN(c2ccccc2Cl)CC1. The minimum atomic E-state index is -0.115. The van der Waals surface area contributed by atoms with Gasteiger partial charge in [0, 0.05) is 32.2 Å². The number of anilines is 1. The summed E-state index contributed by atoms with van der Waals surface area (Å²) in [6.45, 7) is 3.04. The Balaban J connectivity index is 1.37. The summed E-state index contributed by atoms with van der Waals surface area (Å²) < 4.78 is 5.71. The third-order valence-electron chi connectivity index (χ3n) is 4.85. The van der Waals surface area contributed by atoms with Crippen LogP contribution in [-0.2, 0) is 6.61 Å². The fourth-order valence-corrected chi connectivity index (χ4v) is 3.54. The zero-order valence-electron chi connectivity index (χ0n) is 15.9. The minimum Gasteiger partial charge on any atom is -0.473 e. The lowest BCUT2D eigenvalue weighted by atomic mass is 10.2. The highest BCUT2D eigenvalue weighted by Gasteiger charge is 2.24. The smallest absolute Gasteiger partial charge is 0.272 e. The van der Waals surface area contributed by atoms with E-state index in [0.717, 1.165) is 29.4 Å². The van der Waals surface area contributed by atoms with E-state index >= 15 is 0 Å². The van der Waals surface area contributed by atoms with Crippen LogP contribution < -0.4 is 9.64 Å². The molecule has 1 amide bonds. The van der Waals surface area contributed by atoms with Crippen molar-refractivity contribution < 1.29 is 9.53 Å². The van der Waals surface area contributed by atoms with Crippen molar-refractivity contribution in [3.63, 3.8) is 0 Å². The number of halogens is 1. The molecule has 1 fully saturated rings. The van der Waals surface area contributed by atoms with Crippen molar-refractivity contribution in [2.24, 2.45) is 0 Å². The molecule has 2 aromatic carbocycles. The zero-order valence-corrected chi connectivity index (χ0v) is 16.6. The molecular weight excluding hydrogens is 388 g/mol. The van der Waals surface area contributed by atoms with Crippen LogP contribution in [0.5, 0.6) is 5.88 Å². The molecule has 7 heteroatoms. The van der Waals surface area contributed by atoms with Crippen LogP contribution in [-0.4, -0.2) is 47.0 Å². The quantitative estimate of drug-likeness (QED) is 0.644. The summed E-state index contributed by atoms with van der Waals surface area (Å²) in [7, 11) is 0. The first kappa shape index (κ1) is 19.2. The molecule has 4 rings (SSSR count). The number of rotatable bonds is 5. The van der Waals surface area contributed by atoms with Crippen LogP contribution in [0.3, 0.4) is 0 Å². The van der Waals surface area contributed by atoms with Crippen LogP contribution in [0, 0.1) is 0 Å². The zero-order chi connectivity index (χ0) is 20.1. The van der Waals surface area contributed by atoms with Crippen molar-refractivity contribution in [1.29, 1.82) is 0 Å². The lowest BCUT2D eigenvalue weighted by Crippen LogP contribution is -2.49. The lowest BCUT2D eigenvalue weighted by Gasteiger charge is -2.36. The molecule has 29 heavy (non-hydrogen) atoms. The second-order valence-electron chi connectivity index (χ2n) is 6.75. The number of amides is 1. The summed E-state index contributed by atoms with van der Waals surface area (Å²) in [5.41, 5.74) is 2.38. The normalized spacial score (nSPS) is 14.0. The highest BCUT2D eigenvalue weighted by atomic mass is 35.5. The Morgan fingerprint density at radius 2 is 1.69 bits per heavy atom. The first-order chi connectivity index (χ1) is 14.2. The number of nitrogens with zero attached hydrogens (tertiary/aromatic N) is 4. The van der Waals surface area contributed by atoms with Crippen LogP contribution in [0.25, 0.3) is 0 Å². The Morgan fingerprint density at radius 3 is 2.45 bits per heavy atom. The Bertz CT molecular complexity index is 975. The predicted octanol–water partition coefficient (Wildman–Crippen LogP) is 3.67. The molecule has 0 saturated carbocycles. The summed E-state index contributed by atoms with van der Waals surface area (Å²) in [5.74, 6) is 0.276. The number of para-hydroxylation sites is 1. The van der Waals surface area contributed by atoms with E-state index in [9.17, 15) is 4.79 Å². The molecule has 1 aliphatic heterocycles. The maximum atomic E-state index is 12.9. The Hall–Kier alpha value is -3.12. The van der Waals surface area contributed by atoms with Crippen LogP contribution >= 0.6 is 11.6 Å². The molecule has 1 saturated heterocycles. The van der Waals surface area contributed by atoms with Gasteiger partial charge in [-0.25, -0.2) is 9.97 Å². The first-order valence-corrected chi connectivity index (χ1v) is 9.86. The molecule has 1 aromatic heterocycles. The molecule has 0 aliphatic carbocycles. The van der Waals surface area contributed by atoms with E-state index in [4.69, 9.17) is 16.3 Å². The predicted molar refractivity (Wildman–Crippen MR) is 112 cm³/mol. The van der Waals surface area contributed by atoms with E-state index in [1.807, 2.05) is 54.6 Å². The highest BCUT2D eigenvalue weighted by molar-refractivity contribution is 6.33. The summed E-state index contributed by atoms with van der Waals surface area (Å²) in [5, 5.41) is 0.725. The van der Waals surface area contributed by atoms with Crippen molar-refractivity contribution in [1.82, 2.24) is 14.9 Å². The molecule has 0 unspecified atom stereocenters. The van der Waals surface area contributed by atoms with E-state index in [-0.39, 0.29) is 5.91 Å². The van der Waals surface area contributed by atoms with Crippen molar-refractivity contribution in [3.8, 4) is 5.88 Å². The number of aromatic nitrogens is 2. The van der Waals surface area contributed by atoms with E-state index in [1.165, 1.54) is 6.33 Å². The van der Waals surface area contributed by atoms with Gasteiger partial charge < -0.3 is 14.5 Å². The topological polar surface area (TPSA) is 58.6 Å². The number of carbonyl (C=O) groups excluding carboxylic acids is 1. The molecule has 2 heterocycles. The highest BCUT2D eigenvalue weighted by Crippen LogP contribution is 2.26. The van der Waals surface area contributed by atoms with Gasteiger partial charge in [0.25, 0.3) is 5.91 Å². The summed E-state index contributed by atoms with van der Waals surface area (Å²) in [4.78, 5) is 25.1. The van der Waals surface area contributed by atoms with E-state index < -0.39 is 0 Å². The summed E-state index contributed by atoms with van der Waals surface area (Å²) >= 11 is 6.29. The molecule has 0 radical (unpaired) electrons. The number of hydrogen-bond donors (Lipinski definition) is 0.